The van der Waals surface area contributed by atoms with Crippen LogP contribution < -0.4 is 5.32 Å². The van der Waals surface area contributed by atoms with Crippen molar-refractivity contribution in [2.75, 3.05) is 39.3 Å². The number of aliphatic hydroxyl groups is 1. The van der Waals surface area contributed by atoms with E-state index >= 15 is 0 Å². The van der Waals surface area contributed by atoms with Crippen LogP contribution in [0.3, 0.4) is 0 Å². The summed E-state index contributed by atoms with van der Waals surface area (Å²) in [6.45, 7) is 2.57. The van der Waals surface area contributed by atoms with Crippen LogP contribution in [-0.4, -0.2) is 67.5 Å². The maximum Gasteiger partial charge on any atom is 0.282 e. The molecule has 1 aliphatic heterocycles. The van der Waals surface area contributed by atoms with Gasteiger partial charge in [0.2, 0.25) is 0 Å². The Labute approximate surface area is 96.4 Å². The number of nitrogens with one attached hydrogen (secondary N) is 1. The van der Waals surface area contributed by atoms with Crippen molar-refractivity contribution in [3.8, 4) is 0 Å². The van der Waals surface area contributed by atoms with Crippen LogP contribution in [0.2, 0.25) is 0 Å². The molecule has 1 aliphatic carbocycles. The van der Waals surface area contributed by atoms with Crippen molar-refractivity contribution >= 4 is 10.2 Å². The summed E-state index contributed by atoms with van der Waals surface area (Å²) in [6, 6.07) is 0.118. The molecule has 94 valence electrons. The zero-order valence-corrected chi connectivity index (χ0v) is 10.1. The number of nitrogens with zero attached hydrogens (tertiary/aromatic N) is 2. The smallest absolute Gasteiger partial charge is 0.282 e. The van der Waals surface area contributed by atoms with E-state index in [1.165, 1.54) is 8.61 Å². The lowest BCUT2D eigenvalue weighted by Gasteiger charge is -2.32. The lowest BCUT2D eigenvalue weighted by Crippen LogP contribution is -2.52. The van der Waals surface area contributed by atoms with Crippen molar-refractivity contribution in [3.05, 3.63) is 0 Å². The summed E-state index contributed by atoms with van der Waals surface area (Å²) in [5.41, 5.74) is 0. The summed E-state index contributed by atoms with van der Waals surface area (Å²) < 4.78 is 27.5. The maximum atomic E-state index is 12.3. The van der Waals surface area contributed by atoms with Crippen molar-refractivity contribution in [1.29, 1.82) is 0 Å². The Balaban J connectivity index is 2.07. The summed E-state index contributed by atoms with van der Waals surface area (Å²) in [5.74, 6) is 0. The SMILES string of the molecule is O=S(=O)(N1CCNCC1)N(CCO)C1CC1. The summed E-state index contributed by atoms with van der Waals surface area (Å²) in [4.78, 5) is 0. The molecule has 0 spiro atoms. The zero-order valence-electron chi connectivity index (χ0n) is 9.30. The molecular weight excluding hydrogens is 230 g/mol. The van der Waals surface area contributed by atoms with E-state index in [0.717, 1.165) is 12.8 Å². The summed E-state index contributed by atoms with van der Waals surface area (Å²) >= 11 is 0. The Morgan fingerprint density at radius 1 is 1.31 bits per heavy atom. The second-order valence-corrected chi connectivity index (χ2v) is 6.10. The highest BCUT2D eigenvalue weighted by molar-refractivity contribution is 7.86. The normalized spacial score (nSPS) is 23.9. The van der Waals surface area contributed by atoms with E-state index in [1.807, 2.05) is 0 Å². The predicted octanol–water partition coefficient (Wildman–Crippen LogP) is -1.41. The van der Waals surface area contributed by atoms with Crippen molar-refractivity contribution < 1.29 is 13.5 Å². The molecule has 0 radical (unpaired) electrons. The van der Waals surface area contributed by atoms with Gasteiger partial charge in [0.25, 0.3) is 10.2 Å². The monoisotopic (exact) mass is 249 g/mol. The number of hydrogen-bond acceptors (Lipinski definition) is 4. The minimum atomic E-state index is -3.36. The predicted molar refractivity (Wildman–Crippen MR) is 60.2 cm³/mol. The highest BCUT2D eigenvalue weighted by Gasteiger charge is 2.40. The molecule has 7 heteroatoms. The zero-order chi connectivity index (χ0) is 11.6. The molecular formula is C9H19N3O3S. The van der Waals surface area contributed by atoms with Gasteiger partial charge in [0, 0.05) is 38.8 Å². The van der Waals surface area contributed by atoms with Gasteiger partial charge < -0.3 is 10.4 Å². The van der Waals surface area contributed by atoms with Gasteiger partial charge in [0.15, 0.2) is 0 Å². The first kappa shape index (κ1) is 12.3. The summed E-state index contributed by atoms with van der Waals surface area (Å²) in [7, 11) is -3.36. The molecule has 0 unspecified atom stereocenters. The van der Waals surface area contributed by atoms with E-state index in [2.05, 4.69) is 5.32 Å². The molecule has 0 atom stereocenters. The summed E-state index contributed by atoms with van der Waals surface area (Å²) in [5, 5.41) is 12.1. The van der Waals surface area contributed by atoms with Gasteiger partial charge >= 0.3 is 0 Å². The molecule has 2 aliphatic rings. The van der Waals surface area contributed by atoms with Crippen LogP contribution >= 0.6 is 0 Å². The van der Waals surface area contributed by atoms with Crippen LogP contribution in [0, 0.1) is 0 Å². The number of piperazine rings is 1. The van der Waals surface area contributed by atoms with Crippen LogP contribution in [-0.2, 0) is 10.2 Å². The Morgan fingerprint density at radius 2 is 1.94 bits per heavy atom. The number of hydrogen-bond donors (Lipinski definition) is 2. The standard InChI is InChI=1S/C9H19N3O3S/c13-8-7-12(9-1-2-9)16(14,15)11-5-3-10-4-6-11/h9-10,13H,1-8H2. The van der Waals surface area contributed by atoms with Crippen molar-refractivity contribution in [2.45, 2.75) is 18.9 Å². The average molecular weight is 249 g/mol. The lowest BCUT2D eigenvalue weighted by molar-refractivity contribution is 0.236. The molecule has 2 rings (SSSR count). The van der Waals surface area contributed by atoms with Crippen molar-refractivity contribution in [3.63, 3.8) is 0 Å². The van der Waals surface area contributed by atoms with E-state index in [9.17, 15) is 8.42 Å². The Kier molecular flexibility index (Phi) is 3.81. The van der Waals surface area contributed by atoms with Crippen molar-refractivity contribution in [2.24, 2.45) is 0 Å². The van der Waals surface area contributed by atoms with Gasteiger partial charge in [-0.15, -0.1) is 0 Å². The van der Waals surface area contributed by atoms with Gasteiger partial charge in [-0.25, -0.2) is 0 Å². The first-order valence-electron chi connectivity index (χ1n) is 5.75. The Bertz CT molecular complexity index is 323. The molecule has 0 amide bonds. The quantitative estimate of drug-likeness (QED) is 0.628. The highest BCUT2D eigenvalue weighted by Crippen LogP contribution is 2.30. The highest BCUT2D eigenvalue weighted by atomic mass is 32.2. The van der Waals surface area contributed by atoms with Gasteiger partial charge in [-0.05, 0) is 12.8 Å². The molecule has 1 saturated heterocycles. The third kappa shape index (κ3) is 2.54. The van der Waals surface area contributed by atoms with Crippen LogP contribution in [0.5, 0.6) is 0 Å². The minimum Gasteiger partial charge on any atom is -0.395 e. The largest absolute Gasteiger partial charge is 0.395 e. The summed E-state index contributed by atoms with van der Waals surface area (Å²) in [6.07, 6.45) is 1.84. The fourth-order valence-electron chi connectivity index (χ4n) is 1.97. The second kappa shape index (κ2) is 4.97. The molecule has 0 bridgehead atoms. The van der Waals surface area contributed by atoms with Gasteiger partial charge in [-0.2, -0.15) is 17.0 Å². The average Bonchev–Trinajstić information content (AvgIpc) is 3.11. The number of aliphatic hydroxyl groups excluding tert-OH is 1. The lowest BCUT2D eigenvalue weighted by atomic mass is 10.4. The molecule has 6 nitrogen and oxygen atoms in total. The van der Waals surface area contributed by atoms with E-state index in [1.54, 1.807) is 0 Å². The van der Waals surface area contributed by atoms with Crippen molar-refractivity contribution in [1.82, 2.24) is 13.9 Å². The van der Waals surface area contributed by atoms with Crippen LogP contribution in [0.4, 0.5) is 0 Å². The third-order valence-electron chi connectivity index (χ3n) is 2.97. The molecule has 16 heavy (non-hydrogen) atoms. The minimum absolute atomic E-state index is 0.109. The first-order chi connectivity index (χ1) is 7.66. The fourth-order valence-corrected chi connectivity index (χ4v) is 3.81. The van der Waals surface area contributed by atoms with E-state index in [0.29, 0.717) is 26.2 Å². The van der Waals surface area contributed by atoms with E-state index in [-0.39, 0.29) is 19.2 Å². The fraction of sp³-hybridized carbons (Fsp3) is 1.00. The molecule has 0 aromatic carbocycles. The second-order valence-electron chi connectivity index (χ2n) is 4.22. The van der Waals surface area contributed by atoms with Gasteiger partial charge in [-0.1, -0.05) is 0 Å². The molecule has 0 aromatic rings. The third-order valence-corrected chi connectivity index (χ3v) is 5.06. The van der Waals surface area contributed by atoms with Gasteiger partial charge in [0.1, 0.15) is 0 Å². The Hall–Kier alpha value is -0.210. The maximum absolute atomic E-state index is 12.3. The van der Waals surface area contributed by atoms with Gasteiger partial charge in [0.05, 0.1) is 6.61 Å². The molecule has 2 fully saturated rings. The molecule has 1 saturated carbocycles. The van der Waals surface area contributed by atoms with Crippen LogP contribution in [0.1, 0.15) is 12.8 Å². The Morgan fingerprint density at radius 3 is 2.44 bits per heavy atom. The molecule has 2 N–H and O–H groups in total. The van der Waals surface area contributed by atoms with E-state index < -0.39 is 10.2 Å². The molecule has 1 heterocycles. The van der Waals surface area contributed by atoms with E-state index in [4.69, 9.17) is 5.11 Å². The number of rotatable bonds is 5. The van der Waals surface area contributed by atoms with Crippen LogP contribution in [0.15, 0.2) is 0 Å². The topological polar surface area (TPSA) is 72.9 Å². The first-order valence-corrected chi connectivity index (χ1v) is 7.14. The van der Waals surface area contributed by atoms with Gasteiger partial charge in [-0.3, -0.25) is 0 Å². The van der Waals surface area contributed by atoms with Crippen LogP contribution in [0.25, 0.3) is 0 Å². The molecule has 0 aromatic heterocycles.